The quantitative estimate of drug-likeness (QED) is 0.681. The Labute approximate surface area is 109 Å². The van der Waals surface area contributed by atoms with Crippen LogP contribution >= 0.6 is 0 Å². The lowest BCUT2D eigenvalue weighted by atomic mass is 10.1. The van der Waals surface area contributed by atoms with Gasteiger partial charge in [0.05, 0.1) is 19.1 Å². The fourth-order valence-corrected chi connectivity index (χ4v) is 2.26. The lowest BCUT2D eigenvalue weighted by Gasteiger charge is -2.29. The number of amides is 1. The Morgan fingerprint density at radius 3 is 2.33 bits per heavy atom. The summed E-state index contributed by atoms with van der Waals surface area (Å²) in [5, 5.41) is 0. The molecule has 1 aliphatic rings. The maximum Gasteiger partial charge on any atom is 0.309 e. The van der Waals surface area contributed by atoms with Crippen molar-refractivity contribution in [2.45, 2.75) is 32.7 Å². The topological polar surface area (TPSA) is 49.9 Å². The number of carbonyl (C=O) groups excluding carboxylic acids is 2. The second kappa shape index (κ2) is 6.73. The van der Waals surface area contributed by atoms with Crippen LogP contribution in [0.5, 0.6) is 0 Å². The molecular formula is C13H24N2O3. The Balaban J connectivity index is 2.47. The molecule has 0 N–H and O–H groups in total. The first-order chi connectivity index (χ1) is 8.47. The van der Waals surface area contributed by atoms with Crippen molar-refractivity contribution in [3.05, 3.63) is 0 Å². The summed E-state index contributed by atoms with van der Waals surface area (Å²) in [5.74, 6) is -0.288. The summed E-state index contributed by atoms with van der Waals surface area (Å²) in [6, 6.07) is -0.185. The van der Waals surface area contributed by atoms with Gasteiger partial charge in [-0.1, -0.05) is 6.92 Å². The molecule has 0 aromatic rings. The zero-order valence-electron chi connectivity index (χ0n) is 11.8. The van der Waals surface area contributed by atoms with Crippen molar-refractivity contribution in [1.82, 2.24) is 9.80 Å². The first-order valence-corrected chi connectivity index (χ1v) is 6.54. The van der Waals surface area contributed by atoms with Crippen LogP contribution in [0.3, 0.4) is 0 Å². The van der Waals surface area contributed by atoms with Crippen molar-refractivity contribution in [2.75, 3.05) is 33.8 Å². The van der Waals surface area contributed by atoms with E-state index in [4.69, 9.17) is 4.74 Å². The lowest BCUT2D eigenvalue weighted by Crippen LogP contribution is -2.46. The molecule has 0 aromatic carbocycles. The van der Waals surface area contributed by atoms with Crippen LogP contribution in [0.25, 0.3) is 0 Å². The second-order valence-corrected chi connectivity index (χ2v) is 5.07. The van der Waals surface area contributed by atoms with Gasteiger partial charge in [0.25, 0.3) is 0 Å². The molecule has 0 aromatic heterocycles. The van der Waals surface area contributed by atoms with Crippen LogP contribution in [0.1, 0.15) is 26.7 Å². The summed E-state index contributed by atoms with van der Waals surface area (Å²) in [7, 11) is 3.26. The molecule has 0 radical (unpaired) electrons. The third kappa shape index (κ3) is 3.70. The van der Waals surface area contributed by atoms with E-state index in [-0.39, 0.29) is 23.8 Å². The highest BCUT2D eigenvalue weighted by molar-refractivity contribution is 5.81. The summed E-state index contributed by atoms with van der Waals surface area (Å²) in [5.41, 5.74) is 0. The monoisotopic (exact) mass is 256 g/mol. The van der Waals surface area contributed by atoms with Gasteiger partial charge in [-0.2, -0.15) is 0 Å². The molecule has 0 bridgehead atoms. The molecule has 2 unspecified atom stereocenters. The smallest absolute Gasteiger partial charge is 0.309 e. The molecule has 0 aliphatic carbocycles. The van der Waals surface area contributed by atoms with E-state index in [2.05, 4.69) is 0 Å². The standard InChI is InChI=1S/C13H24N2O3/c1-10(13(17)18-4)9-14(3)11(2)12(16)15-7-5-6-8-15/h10-11H,5-9H2,1-4H3. The molecule has 1 rings (SSSR count). The van der Waals surface area contributed by atoms with Crippen LogP contribution in [0.4, 0.5) is 0 Å². The van der Waals surface area contributed by atoms with Crippen molar-refractivity contribution in [2.24, 2.45) is 5.92 Å². The van der Waals surface area contributed by atoms with Gasteiger partial charge < -0.3 is 9.64 Å². The first kappa shape index (κ1) is 15.0. The van der Waals surface area contributed by atoms with Crippen LogP contribution in [0, 0.1) is 5.92 Å². The molecule has 5 nitrogen and oxygen atoms in total. The first-order valence-electron chi connectivity index (χ1n) is 6.54. The van der Waals surface area contributed by atoms with Crippen molar-refractivity contribution in [1.29, 1.82) is 0 Å². The fraction of sp³-hybridized carbons (Fsp3) is 0.846. The highest BCUT2D eigenvalue weighted by atomic mass is 16.5. The van der Waals surface area contributed by atoms with Crippen LogP contribution < -0.4 is 0 Å². The molecule has 0 spiro atoms. The van der Waals surface area contributed by atoms with E-state index in [1.165, 1.54) is 7.11 Å². The Bertz CT molecular complexity index is 301. The van der Waals surface area contributed by atoms with Crippen LogP contribution in [0.15, 0.2) is 0 Å². The summed E-state index contributed by atoms with van der Waals surface area (Å²) >= 11 is 0. The molecule has 2 atom stereocenters. The third-order valence-electron chi connectivity index (χ3n) is 3.60. The highest BCUT2D eigenvalue weighted by Gasteiger charge is 2.27. The van der Waals surface area contributed by atoms with E-state index in [1.54, 1.807) is 0 Å². The van der Waals surface area contributed by atoms with Crippen LogP contribution in [-0.2, 0) is 14.3 Å². The van der Waals surface area contributed by atoms with Crippen molar-refractivity contribution >= 4 is 11.9 Å². The van der Waals surface area contributed by atoms with Crippen molar-refractivity contribution in [3.8, 4) is 0 Å². The minimum atomic E-state index is -0.234. The minimum Gasteiger partial charge on any atom is -0.469 e. The summed E-state index contributed by atoms with van der Waals surface area (Å²) in [4.78, 5) is 27.4. The fourth-order valence-electron chi connectivity index (χ4n) is 2.26. The van der Waals surface area contributed by atoms with E-state index < -0.39 is 0 Å². The number of hydrogen-bond acceptors (Lipinski definition) is 4. The van der Waals surface area contributed by atoms with Gasteiger partial charge in [-0.25, -0.2) is 0 Å². The van der Waals surface area contributed by atoms with Gasteiger partial charge in [-0.15, -0.1) is 0 Å². The average molecular weight is 256 g/mol. The molecule has 1 fully saturated rings. The van der Waals surface area contributed by atoms with Gasteiger partial charge in [0.1, 0.15) is 0 Å². The second-order valence-electron chi connectivity index (χ2n) is 5.07. The maximum absolute atomic E-state index is 12.2. The summed E-state index contributed by atoms with van der Waals surface area (Å²) in [6.45, 7) is 5.97. The lowest BCUT2D eigenvalue weighted by molar-refractivity contribution is -0.146. The molecule has 1 aliphatic heterocycles. The van der Waals surface area contributed by atoms with Gasteiger partial charge >= 0.3 is 5.97 Å². The average Bonchev–Trinajstić information content (AvgIpc) is 2.89. The van der Waals surface area contributed by atoms with E-state index in [0.29, 0.717) is 6.54 Å². The van der Waals surface area contributed by atoms with Gasteiger partial charge in [0.15, 0.2) is 0 Å². The van der Waals surface area contributed by atoms with Gasteiger partial charge in [0.2, 0.25) is 5.91 Å². The number of likely N-dealkylation sites (tertiary alicyclic amines) is 1. The molecule has 1 amide bonds. The van der Waals surface area contributed by atoms with Crippen LogP contribution in [0.2, 0.25) is 0 Å². The zero-order valence-corrected chi connectivity index (χ0v) is 11.8. The van der Waals surface area contributed by atoms with Gasteiger partial charge in [-0.3, -0.25) is 14.5 Å². The SMILES string of the molecule is COC(=O)C(C)CN(C)C(C)C(=O)N1CCCC1. The summed E-state index contributed by atoms with van der Waals surface area (Å²) in [6.07, 6.45) is 2.20. The number of likely N-dealkylation sites (N-methyl/N-ethyl adjacent to an activating group) is 1. The molecule has 18 heavy (non-hydrogen) atoms. The zero-order chi connectivity index (χ0) is 13.7. The van der Waals surface area contributed by atoms with E-state index in [1.807, 2.05) is 30.7 Å². The van der Waals surface area contributed by atoms with Crippen LogP contribution in [-0.4, -0.2) is 61.5 Å². The molecule has 1 heterocycles. The number of ether oxygens (including phenoxy) is 1. The number of rotatable bonds is 5. The highest BCUT2D eigenvalue weighted by Crippen LogP contribution is 2.12. The number of carbonyl (C=O) groups is 2. The Kier molecular flexibility index (Phi) is 5.59. The van der Waals surface area contributed by atoms with Gasteiger partial charge in [-0.05, 0) is 26.8 Å². The summed E-state index contributed by atoms with van der Waals surface area (Å²) < 4.78 is 4.69. The Morgan fingerprint density at radius 2 is 1.83 bits per heavy atom. The minimum absolute atomic E-state index is 0.159. The normalized spacial score (nSPS) is 18.8. The third-order valence-corrected chi connectivity index (χ3v) is 3.60. The molecule has 1 saturated heterocycles. The number of methoxy groups -OCH3 is 1. The predicted octanol–water partition coefficient (Wildman–Crippen LogP) is 0.738. The largest absolute Gasteiger partial charge is 0.469 e. The predicted molar refractivity (Wildman–Crippen MR) is 69.1 cm³/mol. The molecule has 0 saturated carbocycles. The van der Waals surface area contributed by atoms with E-state index in [0.717, 1.165) is 25.9 Å². The Hall–Kier alpha value is -1.10. The maximum atomic E-state index is 12.2. The number of nitrogens with zero attached hydrogens (tertiary/aromatic N) is 2. The number of esters is 1. The number of hydrogen-bond donors (Lipinski definition) is 0. The van der Waals surface area contributed by atoms with E-state index in [9.17, 15) is 9.59 Å². The molecule has 104 valence electrons. The molecule has 5 heteroatoms. The van der Waals surface area contributed by atoms with Gasteiger partial charge in [0, 0.05) is 19.6 Å². The van der Waals surface area contributed by atoms with Crippen molar-refractivity contribution in [3.63, 3.8) is 0 Å². The Morgan fingerprint density at radius 1 is 1.28 bits per heavy atom. The van der Waals surface area contributed by atoms with Crippen molar-refractivity contribution < 1.29 is 14.3 Å². The van der Waals surface area contributed by atoms with E-state index >= 15 is 0 Å². The molecular weight excluding hydrogens is 232 g/mol.